The van der Waals surface area contributed by atoms with E-state index in [4.69, 9.17) is 5.21 Å². The number of amides is 1. The first-order chi connectivity index (χ1) is 8.61. The molecule has 1 aromatic carbocycles. The zero-order chi connectivity index (χ0) is 13.1. The smallest absolute Gasteiger partial charge is 0.253 e. The first-order valence-corrected chi connectivity index (χ1v) is 6.35. The molecule has 6 heteroatoms. The predicted molar refractivity (Wildman–Crippen MR) is 68.5 cm³/mol. The summed E-state index contributed by atoms with van der Waals surface area (Å²) in [5.41, 5.74) is 1.16. The molecule has 0 bridgehead atoms. The minimum absolute atomic E-state index is 0.132. The largest absolute Gasteiger partial charge is 0.411 e. The van der Waals surface area contributed by atoms with Gasteiger partial charge in [0.1, 0.15) is 5.82 Å². The van der Waals surface area contributed by atoms with Crippen LogP contribution in [0.4, 0.5) is 4.39 Å². The molecule has 1 saturated heterocycles. The van der Waals surface area contributed by atoms with Crippen LogP contribution in [0.1, 0.15) is 23.2 Å². The van der Waals surface area contributed by atoms with E-state index >= 15 is 0 Å². The van der Waals surface area contributed by atoms with Gasteiger partial charge in [0.2, 0.25) is 0 Å². The van der Waals surface area contributed by atoms with Crippen LogP contribution in [-0.4, -0.2) is 34.8 Å². The van der Waals surface area contributed by atoms with Crippen LogP contribution in [0.5, 0.6) is 0 Å². The highest BCUT2D eigenvalue weighted by Gasteiger charge is 2.21. The topological polar surface area (TPSA) is 52.9 Å². The second kappa shape index (κ2) is 5.48. The maximum Gasteiger partial charge on any atom is 0.253 e. The fraction of sp³-hybridized carbons (Fsp3) is 0.333. The summed E-state index contributed by atoms with van der Waals surface area (Å²) >= 11 is 3.06. The average Bonchev–Trinajstić information content (AvgIpc) is 2.41. The third-order valence-electron chi connectivity index (χ3n) is 2.94. The van der Waals surface area contributed by atoms with Gasteiger partial charge < -0.3 is 10.1 Å². The molecular weight excluding hydrogens is 303 g/mol. The molecule has 0 unspecified atom stereocenters. The Bertz CT molecular complexity index is 495. The van der Waals surface area contributed by atoms with Gasteiger partial charge in [-0.1, -0.05) is 5.16 Å². The van der Waals surface area contributed by atoms with Gasteiger partial charge in [0.05, 0.1) is 10.2 Å². The number of rotatable bonds is 1. The van der Waals surface area contributed by atoms with Gasteiger partial charge in [0.15, 0.2) is 0 Å². The molecule has 1 aliphatic heterocycles. The highest BCUT2D eigenvalue weighted by molar-refractivity contribution is 9.10. The van der Waals surface area contributed by atoms with E-state index in [9.17, 15) is 9.18 Å². The van der Waals surface area contributed by atoms with E-state index in [1.165, 1.54) is 18.2 Å². The van der Waals surface area contributed by atoms with Crippen molar-refractivity contribution in [3.05, 3.63) is 34.1 Å². The van der Waals surface area contributed by atoms with Crippen LogP contribution >= 0.6 is 15.9 Å². The van der Waals surface area contributed by atoms with Crippen molar-refractivity contribution in [2.45, 2.75) is 12.8 Å². The van der Waals surface area contributed by atoms with Gasteiger partial charge in [-0.2, -0.15) is 0 Å². The summed E-state index contributed by atoms with van der Waals surface area (Å²) in [4.78, 5) is 13.8. The Hall–Kier alpha value is -1.43. The highest BCUT2D eigenvalue weighted by atomic mass is 79.9. The van der Waals surface area contributed by atoms with Crippen molar-refractivity contribution in [2.24, 2.45) is 5.16 Å². The van der Waals surface area contributed by atoms with Crippen LogP contribution < -0.4 is 0 Å². The van der Waals surface area contributed by atoms with Gasteiger partial charge in [0, 0.05) is 31.5 Å². The number of likely N-dealkylation sites (tertiary alicyclic amines) is 1. The summed E-state index contributed by atoms with van der Waals surface area (Å²) in [6.45, 7) is 1.04. The number of hydrogen-bond acceptors (Lipinski definition) is 3. The van der Waals surface area contributed by atoms with E-state index in [1.807, 2.05) is 0 Å². The second-order valence-corrected chi connectivity index (χ2v) is 4.94. The lowest BCUT2D eigenvalue weighted by atomic mass is 10.1. The summed E-state index contributed by atoms with van der Waals surface area (Å²) in [5.74, 6) is -0.521. The summed E-state index contributed by atoms with van der Waals surface area (Å²) in [6, 6.07) is 4.22. The van der Waals surface area contributed by atoms with Crippen molar-refractivity contribution in [2.75, 3.05) is 13.1 Å². The lowest BCUT2D eigenvalue weighted by Crippen LogP contribution is -2.38. The second-order valence-electron chi connectivity index (χ2n) is 4.09. The number of carbonyl (C=O) groups excluding carboxylic acids is 1. The fourth-order valence-corrected chi connectivity index (χ4v) is 2.26. The van der Waals surface area contributed by atoms with E-state index in [-0.39, 0.29) is 16.2 Å². The molecule has 2 rings (SSSR count). The number of hydrogen-bond donors (Lipinski definition) is 1. The molecule has 1 heterocycles. The summed E-state index contributed by atoms with van der Waals surface area (Å²) < 4.78 is 13.4. The molecule has 0 atom stereocenters. The summed E-state index contributed by atoms with van der Waals surface area (Å²) in [7, 11) is 0. The SMILES string of the molecule is O=C(c1ccc(F)c(Br)c1)N1CCC(=NO)CC1. The highest BCUT2D eigenvalue weighted by Crippen LogP contribution is 2.19. The molecule has 0 aliphatic carbocycles. The lowest BCUT2D eigenvalue weighted by molar-refractivity contribution is 0.0753. The molecular formula is C12H12BrFN2O2. The number of oxime groups is 1. The minimum Gasteiger partial charge on any atom is -0.411 e. The Labute approximate surface area is 112 Å². The molecule has 1 aromatic rings. The van der Waals surface area contributed by atoms with Gasteiger partial charge in [-0.25, -0.2) is 4.39 Å². The lowest BCUT2D eigenvalue weighted by Gasteiger charge is -2.27. The third-order valence-corrected chi connectivity index (χ3v) is 3.54. The average molecular weight is 315 g/mol. The van der Waals surface area contributed by atoms with E-state index in [0.29, 0.717) is 37.2 Å². The molecule has 1 aliphatic rings. The standard InChI is InChI=1S/C12H12BrFN2O2/c13-10-7-8(1-2-11(10)14)12(17)16-5-3-9(15-18)4-6-16/h1-2,7,18H,3-6H2. The molecule has 0 radical (unpaired) electrons. The molecule has 4 nitrogen and oxygen atoms in total. The normalized spacial score (nSPS) is 15.7. The van der Waals surface area contributed by atoms with Crippen molar-refractivity contribution in [3.8, 4) is 0 Å². The first-order valence-electron chi connectivity index (χ1n) is 5.56. The van der Waals surface area contributed by atoms with Gasteiger partial charge in [-0.15, -0.1) is 0 Å². The van der Waals surface area contributed by atoms with Crippen LogP contribution in [0.3, 0.4) is 0 Å². The Morgan fingerprint density at radius 1 is 1.39 bits per heavy atom. The molecule has 1 amide bonds. The molecule has 0 aromatic heterocycles. The van der Waals surface area contributed by atoms with Crippen LogP contribution in [0.2, 0.25) is 0 Å². The van der Waals surface area contributed by atoms with Gasteiger partial charge >= 0.3 is 0 Å². The number of halogens is 2. The van der Waals surface area contributed by atoms with Crippen LogP contribution in [-0.2, 0) is 0 Å². The summed E-state index contributed by atoms with van der Waals surface area (Å²) in [5, 5.41) is 11.8. The fourth-order valence-electron chi connectivity index (χ4n) is 1.88. The Kier molecular flexibility index (Phi) is 3.96. The minimum atomic E-state index is -0.389. The maximum atomic E-state index is 13.1. The molecule has 96 valence electrons. The zero-order valence-electron chi connectivity index (χ0n) is 9.57. The van der Waals surface area contributed by atoms with Crippen molar-refractivity contribution >= 4 is 27.5 Å². The third kappa shape index (κ3) is 2.69. The Morgan fingerprint density at radius 3 is 2.61 bits per heavy atom. The van der Waals surface area contributed by atoms with Crippen molar-refractivity contribution < 1.29 is 14.4 Å². The van der Waals surface area contributed by atoms with Gasteiger partial charge in [-0.3, -0.25) is 4.79 Å². The van der Waals surface area contributed by atoms with Crippen molar-refractivity contribution in [1.29, 1.82) is 0 Å². The quantitative estimate of drug-likeness (QED) is 0.640. The van der Waals surface area contributed by atoms with E-state index < -0.39 is 0 Å². The first kappa shape index (κ1) is 13.0. The van der Waals surface area contributed by atoms with Crippen molar-refractivity contribution in [1.82, 2.24) is 4.90 Å². The van der Waals surface area contributed by atoms with Crippen LogP contribution in [0.25, 0.3) is 0 Å². The Balaban J connectivity index is 2.10. The van der Waals surface area contributed by atoms with Crippen molar-refractivity contribution in [3.63, 3.8) is 0 Å². The maximum absolute atomic E-state index is 13.1. The molecule has 1 N–H and O–H groups in total. The van der Waals surface area contributed by atoms with Crippen LogP contribution in [0, 0.1) is 5.82 Å². The zero-order valence-corrected chi connectivity index (χ0v) is 11.2. The number of benzene rings is 1. The molecule has 1 fully saturated rings. The summed E-state index contributed by atoms with van der Waals surface area (Å²) in [6.07, 6.45) is 1.15. The van der Waals surface area contributed by atoms with Crippen LogP contribution in [0.15, 0.2) is 27.8 Å². The Morgan fingerprint density at radius 2 is 2.06 bits per heavy atom. The monoisotopic (exact) mass is 314 g/mol. The van der Waals surface area contributed by atoms with E-state index in [0.717, 1.165) is 0 Å². The molecule has 0 spiro atoms. The number of piperidine rings is 1. The molecule has 18 heavy (non-hydrogen) atoms. The van der Waals surface area contributed by atoms with E-state index in [2.05, 4.69) is 21.1 Å². The van der Waals surface area contributed by atoms with Gasteiger partial charge in [-0.05, 0) is 34.1 Å². The number of carbonyl (C=O) groups is 1. The molecule has 0 saturated carbocycles. The van der Waals surface area contributed by atoms with E-state index in [1.54, 1.807) is 4.90 Å². The number of nitrogens with zero attached hydrogens (tertiary/aromatic N) is 2. The predicted octanol–water partition coefficient (Wildman–Crippen LogP) is 2.65. The van der Waals surface area contributed by atoms with Gasteiger partial charge in [0.25, 0.3) is 5.91 Å².